The minimum Gasteiger partial charge on any atom is -0.474 e. The fourth-order valence-corrected chi connectivity index (χ4v) is 5.37. The first-order chi connectivity index (χ1) is 19.2. The lowest BCUT2D eigenvalue weighted by atomic mass is 10.1. The zero-order valence-electron chi connectivity index (χ0n) is 23.2. The lowest BCUT2D eigenvalue weighted by molar-refractivity contribution is -0.123. The number of hydrogen-bond acceptors (Lipinski definition) is 11. The first-order valence-corrected chi connectivity index (χ1v) is 14.1. The Morgan fingerprint density at radius 1 is 1.10 bits per heavy atom. The van der Waals surface area contributed by atoms with E-state index in [2.05, 4.69) is 25.0 Å². The van der Waals surface area contributed by atoms with Crippen molar-refractivity contribution < 1.29 is 23.6 Å². The Labute approximate surface area is 237 Å². The highest BCUT2D eigenvalue weighted by Gasteiger charge is 2.36. The van der Waals surface area contributed by atoms with E-state index >= 15 is 0 Å². The molecule has 40 heavy (non-hydrogen) atoms. The van der Waals surface area contributed by atoms with Crippen LogP contribution in [0.15, 0.2) is 40.0 Å². The number of nitrogens with zero attached hydrogens (tertiary/aromatic N) is 6. The highest BCUT2D eigenvalue weighted by atomic mass is 32.2. The van der Waals surface area contributed by atoms with Crippen molar-refractivity contribution in [3.8, 4) is 17.5 Å². The standard InChI is InChI=1S/C28H32N6O5S/c1-16(2)23-31-27(39-32-23)33-11-9-20(10-12-33)37-24-18(5)25(30-15-29-24)38-21-8-6-7-19(13-21)14-22-26(35)34(17(3)4)28(36)40-22/h6-8,13-17,20H,9-12H2,1-5H3/b22-14+. The molecule has 3 aromatic rings. The van der Waals surface area contributed by atoms with Crippen LogP contribution < -0.4 is 14.4 Å². The van der Waals surface area contributed by atoms with Gasteiger partial charge < -0.3 is 18.9 Å². The number of carbonyl (C=O) groups excluding carboxylic acids is 2. The maximum absolute atomic E-state index is 12.6. The zero-order valence-corrected chi connectivity index (χ0v) is 24.0. The molecule has 5 rings (SSSR count). The minimum absolute atomic E-state index is 0.0188. The number of piperidine rings is 1. The van der Waals surface area contributed by atoms with Gasteiger partial charge in [-0.2, -0.15) is 4.98 Å². The summed E-state index contributed by atoms with van der Waals surface area (Å²) >= 11 is 0.942. The number of rotatable bonds is 8. The highest BCUT2D eigenvalue weighted by molar-refractivity contribution is 8.18. The molecule has 2 aliphatic rings. The van der Waals surface area contributed by atoms with E-state index in [0.29, 0.717) is 39.8 Å². The first-order valence-electron chi connectivity index (χ1n) is 13.3. The molecule has 4 heterocycles. The number of aromatic nitrogens is 4. The number of thioether (sulfide) groups is 1. The average Bonchev–Trinajstić information content (AvgIpc) is 3.52. The van der Waals surface area contributed by atoms with Gasteiger partial charge in [-0.15, -0.1) is 0 Å². The number of anilines is 1. The molecule has 11 nitrogen and oxygen atoms in total. The first kappa shape index (κ1) is 27.6. The van der Waals surface area contributed by atoms with E-state index in [4.69, 9.17) is 14.0 Å². The summed E-state index contributed by atoms with van der Waals surface area (Å²) < 4.78 is 17.8. The van der Waals surface area contributed by atoms with Crippen molar-refractivity contribution in [3.05, 3.63) is 52.4 Å². The highest BCUT2D eigenvalue weighted by Crippen LogP contribution is 2.35. The third-order valence-electron chi connectivity index (χ3n) is 6.64. The van der Waals surface area contributed by atoms with Gasteiger partial charge in [0.2, 0.25) is 11.8 Å². The second kappa shape index (κ2) is 11.7. The van der Waals surface area contributed by atoms with Crippen LogP contribution >= 0.6 is 11.8 Å². The van der Waals surface area contributed by atoms with Gasteiger partial charge in [-0.3, -0.25) is 14.5 Å². The second-order valence-corrected chi connectivity index (χ2v) is 11.3. The SMILES string of the molecule is Cc1c(Oc2cccc(/C=C3/SC(=O)N(C(C)C)C3=O)c2)ncnc1OC1CCN(c2nc(C(C)C)no2)CC1. The minimum atomic E-state index is -0.284. The van der Waals surface area contributed by atoms with Crippen LogP contribution in [0.3, 0.4) is 0 Å². The van der Waals surface area contributed by atoms with E-state index in [1.54, 1.807) is 18.2 Å². The number of benzene rings is 1. The van der Waals surface area contributed by atoms with Crippen LogP contribution in [0.1, 0.15) is 63.4 Å². The van der Waals surface area contributed by atoms with Crippen molar-refractivity contribution in [2.45, 2.75) is 65.5 Å². The summed E-state index contributed by atoms with van der Waals surface area (Å²) in [7, 11) is 0. The lowest BCUT2D eigenvalue weighted by Gasteiger charge is -2.30. The van der Waals surface area contributed by atoms with Gasteiger partial charge in [-0.1, -0.05) is 31.1 Å². The van der Waals surface area contributed by atoms with Gasteiger partial charge in [-0.25, -0.2) is 9.97 Å². The summed E-state index contributed by atoms with van der Waals surface area (Å²) in [6.45, 7) is 11.0. The Bertz CT molecular complexity index is 1430. The van der Waals surface area contributed by atoms with Crippen LogP contribution in [0.5, 0.6) is 17.5 Å². The fourth-order valence-electron chi connectivity index (χ4n) is 4.41. The van der Waals surface area contributed by atoms with Crippen molar-refractivity contribution in [3.63, 3.8) is 0 Å². The van der Waals surface area contributed by atoms with Gasteiger partial charge in [0.25, 0.3) is 11.1 Å². The van der Waals surface area contributed by atoms with Crippen LogP contribution in [0.4, 0.5) is 10.8 Å². The van der Waals surface area contributed by atoms with Crippen LogP contribution in [0.2, 0.25) is 0 Å². The van der Waals surface area contributed by atoms with E-state index in [9.17, 15) is 9.59 Å². The Balaban J connectivity index is 1.23. The fraction of sp³-hybridized carbons (Fsp3) is 0.429. The van der Waals surface area contributed by atoms with E-state index < -0.39 is 0 Å². The molecule has 0 bridgehead atoms. The molecular weight excluding hydrogens is 532 g/mol. The molecule has 2 amide bonds. The predicted molar refractivity (Wildman–Crippen MR) is 150 cm³/mol. The third kappa shape index (κ3) is 5.96. The Hall–Kier alpha value is -3.93. The molecule has 0 atom stereocenters. The van der Waals surface area contributed by atoms with Gasteiger partial charge in [0.05, 0.1) is 10.5 Å². The molecule has 0 radical (unpaired) electrons. The summed E-state index contributed by atoms with van der Waals surface area (Å²) in [5.74, 6) is 2.03. The van der Waals surface area contributed by atoms with Crippen LogP contribution in [0, 0.1) is 6.92 Å². The molecule has 0 saturated carbocycles. The molecule has 12 heteroatoms. The molecule has 2 aromatic heterocycles. The van der Waals surface area contributed by atoms with Gasteiger partial charge >= 0.3 is 6.01 Å². The number of carbonyl (C=O) groups is 2. The van der Waals surface area contributed by atoms with E-state index in [1.165, 1.54) is 11.2 Å². The molecular formula is C28H32N6O5S. The van der Waals surface area contributed by atoms with Gasteiger partial charge in [-0.05, 0) is 56.3 Å². The second-order valence-electron chi connectivity index (χ2n) is 10.3. The Morgan fingerprint density at radius 3 is 2.52 bits per heavy atom. The molecule has 0 aliphatic carbocycles. The summed E-state index contributed by atoms with van der Waals surface area (Å²) in [5, 5.41) is 3.79. The quantitative estimate of drug-likeness (QED) is 0.319. The van der Waals surface area contributed by atoms with Crippen LogP contribution in [-0.2, 0) is 4.79 Å². The molecule has 0 spiro atoms. The zero-order chi connectivity index (χ0) is 28.4. The monoisotopic (exact) mass is 564 g/mol. The molecule has 0 N–H and O–H groups in total. The number of imide groups is 1. The summed E-state index contributed by atoms with van der Waals surface area (Å²) in [6.07, 6.45) is 4.66. The van der Waals surface area contributed by atoms with E-state index in [0.717, 1.165) is 43.3 Å². The van der Waals surface area contributed by atoms with Crippen LogP contribution in [-0.4, -0.2) is 61.4 Å². The van der Waals surface area contributed by atoms with Gasteiger partial charge in [0.1, 0.15) is 18.2 Å². The maximum Gasteiger partial charge on any atom is 0.324 e. The number of hydrogen-bond donors (Lipinski definition) is 0. The molecule has 0 unspecified atom stereocenters. The molecule has 2 saturated heterocycles. The van der Waals surface area contributed by atoms with Gasteiger partial charge in [0, 0.05) is 37.9 Å². The normalized spacial score (nSPS) is 17.5. The molecule has 210 valence electrons. The van der Waals surface area contributed by atoms with E-state index in [1.807, 2.05) is 46.8 Å². The Kier molecular flexibility index (Phi) is 8.06. The van der Waals surface area contributed by atoms with Crippen molar-refractivity contribution in [1.29, 1.82) is 0 Å². The average molecular weight is 565 g/mol. The number of amides is 2. The smallest absolute Gasteiger partial charge is 0.324 e. The lowest BCUT2D eigenvalue weighted by Crippen LogP contribution is -2.38. The topological polar surface area (TPSA) is 124 Å². The third-order valence-corrected chi connectivity index (χ3v) is 7.52. The van der Waals surface area contributed by atoms with E-state index in [-0.39, 0.29) is 29.2 Å². The Morgan fingerprint density at radius 2 is 1.85 bits per heavy atom. The predicted octanol–water partition coefficient (Wildman–Crippen LogP) is 5.58. The number of ether oxygens (including phenoxy) is 2. The van der Waals surface area contributed by atoms with Crippen molar-refractivity contribution in [1.82, 2.24) is 25.0 Å². The largest absolute Gasteiger partial charge is 0.474 e. The summed E-state index contributed by atoms with van der Waals surface area (Å²) in [4.78, 5) is 41.7. The van der Waals surface area contributed by atoms with Gasteiger partial charge in [0.15, 0.2) is 5.82 Å². The van der Waals surface area contributed by atoms with Crippen molar-refractivity contribution in [2.24, 2.45) is 0 Å². The molecule has 2 fully saturated rings. The maximum atomic E-state index is 12.6. The van der Waals surface area contributed by atoms with Crippen molar-refractivity contribution >= 4 is 35.0 Å². The molecule has 1 aromatic carbocycles. The molecule has 2 aliphatic heterocycles. The summed E-state index contributed by atoms with van der Waals surface area (Å²) in [6, 6.07) is 7.63. The summed E-state index contributed by atoms with van der Waals surface area (Å²) in [5.41, 5.74) is 1.43. The van der Waals surface area contributed by atoms with Crippen LogP contribution in [0.25, 0.3) is 6.08 Å². The van der Waals surface area contributed by atoms with Crippen molar-refractivity contribution in [2.75, 3.05) is 18.0 Å².